The fourth-order valence-electron chi connectivity index (χ4n) is 3.92. The van der Waals surface area contributed by atoms with Gasteiger partial charge in [0.2, 0.25) is 5.91 Å². The van der Waals surface area contributed by atoms with Crippen LogP contribution in [0.4, 0.5) is 0 Å². The van der Waals surface area contributed by atoms with Crippen LogP contribution in [0.15, 0.2) is 18.5 Å². The Morgan fingerprint density at radius 3 is 2.80 bits per heavy atom. The van der Waals surface area contributed by atoms with Crippen LogP contribution >= 0.6 is 0 Å². The number of aromatic nitrogens is 2. The van der Waals surface area contributed by atoms with E-state index < -0.39 is 0 Å². The number of carbonyl (C=O) groups is 2. The minimum Gasteiger partial charge on any atom is -0.461 e. The van der Waals surface area contributed by atoms with Crippen molar-refractivity contribution in [2.24, 2.45) is 5.41 Å². The molecular formula is C18H28N4O3. The van der Waals surface area contributed by atoms with E-state index in [1.807, 2.05) is 35.9 Å². The summed E-state index contributed by atoms with van der Waals surface area (Å²) in [6.07, 6.45) is 7.18. The van der Waals surface area contributed by atoms with Crippen molar-refractivity contribution in [1.29, 1.82) is 0 Å². The maximum Gasteiger partial charge on any atom is 0.312 e. The molecule has 1 spiro atoms. The summed E-state index contributed by atoms with van der Waals surface area (Å²) in [6, 6.07) is 1.89. The molecule has 1 atom stereocenters. The highest BCUT2D eigenvalue weighted by molar-refractivity contribution is 5.80. The molecule has 2 aliphatic rings. The topological polar surface area (TPSA) is 67.7 Å². The summed E-state index contributed by atoms with van der Waals surface area (Å²) in [5.74, 6) is 0.114. The predicted octanol–water partition coefficient (Wildman–Crippen LogP) is 1.15. The molecule has 0 bridgehead atoms. The fourth-order valence-corrected chi connectivity index (χ4v) is 3.92. The Labute approximate surface area is 148 Å². The Morgan fingerprint density at radius 2 is 2.16 bits per heavy atom. The first-order valence-electron chi connectivity index (χ1n) is 9.09. The lowest BCUT2D eigenvalue weighted by atomic mass is 9.76. The molecule has 7 nitrogen and oxygen atoms in total. The van der Waals surface area contributed by atoms with Crippen LogP contribution in [-0.4, -0.2) is 71.3 Å². The van der Waals surface area contributed by atoms with Crippen LogP contribution in [0.2, 0.25) is 0 Å². The van der Waals surface area contributed by atoms with E-state index in [4.69, 9.17) is 4.74 Å². The van der Waals surface area contributed by atoms with Gasteiger partial charge in [0.15, 0.2) is 0 Å². The van der Waals surface area contributed by atoms with Crippen molar-refractivity contribution in [3.05, 3.63) is 18.5 Å². The molecule has 0 aromatic carbocycles. The van der Waals surface area contributed by atoms with Crippen LogP contribution in [0, 0.1) is 5.41 Å². The normalized spacial score (nSPS) is 22.6. The number of carbonyl (C=O) groups excluding carboxylic acids is 2. The number of likely N-dealkylation sites (N-methyl/N-ethyl adjacent to an activating group) is 1. The van der Waals surface area contributed by atoms with Crippen LogP contribution in [0.5, 0.6) is 0 Å². The van der Waals surface area contributed by atoms with Crippen molar-refractivity contribution in [3.8, 4) is 0 Å². The number of amides is 1. The van der Waals surface area contributed by atoms with E-state index >= 15 is 0 Å². The number of likely N-dealkylation sites (tertiary alicyclic amines) is 1. The van der Waals surface area contributed by atoms with Gasteiger partial charge in [-0.2, -0.15) is 5.10 Å². The van der Waals surface area contributed by atoms with Gasteiger partial charge in [0.1, 0.15) is 6.10 Å². The van der Waals surface area contributed by atoms with Crippen LogP contribution in [0.1, 0.15) is 32.1 Å². The molecule has 2 fully saturated rings. The van der Waals surface area contributed by atoms with Crippen molar-refractivity contribution in [1.82, 2.24) is 19.6 Å². The molecule has 7 heteroatoms. The van der Waals surface area contributed by atoms with Crippen molar-refractivity contribution < 1.29 is 14.3 Å². The first-order valence-corrected chi connectivity index (χ1v) is 9.09. The molecule has 1 aromatic heterocycles. The summed E-state index contributed by atoms with van der Waals surface area (Å²) in [5.41, 5.74) is -0.369. The lowest BCUT2D eigenvalue weighted by molar-refractivity contribution is -0.152. The van der Waals surface area contributed by atoms with Gasteiger partial charge >= 0.3 is 5.97 Å². The van der Waals surface area contributed by atoms with Crippen molar-refractivity contribution in [2.75, 3.05) is 33.7 Å². The van der Waals surface area contributed by atoms with Gasteiger partial charge in [-0.05, 0) is 39.4 Å². The zero-order valence-electron chi connectivity index (χ0n) is 15.2. The number of piperidine rings is 1. The van der Waals surface area contributed by atoms with E-state index in [0.717, 1.165) is 38.8 Å². The van der Waals surface area contributed by atoms with E-state index in [9.17, 15) is 9.59 Å². The van der Waals surface area contributed by atoms with Crippen LogP contribution in [-0.2, 0) is 20.9 Å². The largest absolute Gasteiger partial charge is 0.461 e. The summed E-state index contributed by atoms with van der Waals surface area (Å²) in [6.45, 7) is 2.84. The average molecular weight is 348 g/mol. The van der Waals surface area contributed by atoms with Crippen LogP contribution in [0.3, 0.4) is 0 Å². The first kappa shape index (κ1) is 17.9. The molecule has 2 aliphatic heterocycles. The Balaban J connectivity index is 1.45. The van der Waals surface area contributed by atoms with E-state index in [0.29, 0.717) is 19.5 Å². The summed E-state index contributed by atoms with van der Waals surface area (Å²) < 4.78 is 7.42. The number of ether oxygens (including phenoxy) is 1. The molecule has 138 valence electrons. The molecule has 0 N–H and O–H groups in total. The fraction of sp³-hybridized carbons (Fsp3) is 0.722. The maximum atomic E-state index is 12.4. The Bertz CT molecular complexity index is 591. The summed E-state index contributed by atoms with van der Waals surface area (Å²) in [7, 11) is 3.98. The highest BCUT2D eigenvalue weighted by Gasteiger charge is 2.50. The summed E-state index contributed by atoms with van der Waals surface area (Å²) >= 11 is 0. The summed E-state index contributed by atoms with van der Waals surface area (Å²) in [4.78, 5) is 28.7. The molecule has 1 unspecified atom stereocenters. The molecule has 3 rings (SSSR count). The third-order valence-electron chi connectivity index (χ3n) is 5.30. The van der Waals surface area contributed by atoms with Gasteiger partial charge < -0.3 is 14.5 Å². The van der Waals surface area contributed by atoms with Gasteiger partial charge in [0.05, 0.1) is 5.41 Å². The zero-order valence-corrected chi connectivity index (χ0v) is 15.2. The van der Waals surface area contributed by atoms with Crippen LogP contribution in [0.25, 0.3) is 0 Å². The third kappa shape index (κ3) is 4.21. The number of cyclic esters (lactones) is 1. The number of aryl methyl sites for hydroxylation is 1. The van der Waals surface area contributed by atoms with Gasteiger partial charge in [-0.1, -0.05) is 0 Å². The van der Waals surface area contributed by atoms with Crippen LogP contribution < -0.4 is 0 Å². The van der Waals surface area contributed by atoms with E-state index in [-0.39, 0.29) is 23.4 Å². The van der Waals surface area contributed by atoms with Crippen molar-refractivity contribution in [2.45, 2.75) is 44.8 Å². The second kappa shape index (κ2) is 7.56. The second-order valence-corrected chi connectivity index (χ2v) is 7.53. The Hall–Kier alpha value is -1.89. The molecule has 1 amide bonds. The quantitative estimate of drug-likeness (QED) is 0.722. The molecule has 0 saturated carbocycles. The summed E-state index contributed by atoms with van der Waals surface area (Å²) in [5, 5.41) is 4.15. The number of nitrogens with zero attached hydrogens (tertiary/aromatic N) is 4. The molecule has 25 heavy (non-hydrogen) atoms. The van der Waals surface area contributed by atoms with Gasteiger partial charge in [0.25, 0.3) is 0 Å². The number of esters is 1. The maximum absolute atomic E-state index is 12.4. The van der Waals surface area contributed by atoms with E-state index in [2.05, 4.69) is 10.00 Å². The Kier molecular flexibility index (Phi) is 5.42. The first-order chi connectivity index (χ1) is 12.0. The molecule has 0 radical (unpaired) electrons. The minimum absolute atomic E-state index is 0.0150. The monoisotopic (exact) mass is 348 g/mol. The second-order valence-electron chi connectivity index (χ2n) is 7.53. The molecule has 2 saturated heterocycles. The van der Waals surface area contributed by atoms with Gasteiger partial charge in [0, 0.05) is 51.4 Å². The lowest BCUT2D eigenvalue weighted by Crippen LogP contribution is -2.45. The van der Waals surface area contributed by atoms with Crippen molar-refractivity contribution >= 4 is 11.9 Å². The highest BCUT2D eigenvalue weighted by Crippen LogP contribution is 2.43. The number of rotatable bonds is 6. The highest BCUT2D eigenvalue weighted by atomic mass is 16.6. The number of hydrogen-bond acceptors (Lipinski definition) is 5. The third-order valence-corrected chi connectivity index (χ3v) is 5.30. The van der Waals surface area contributed by atoms with Gasteiger partial charge in [-0.3, -0.25) is 14.3 Å². The zero-order chi connectivity index (χ0) is 17.9. The SMILES string of the molecule is CN(C)CC1CC2(CCN(C(=O)CCCn3cccn3)CC2)C(=O)O1. The molecule has 1 aromatic rings. The molecule has 3 heterocycles. The molecular weight excluding hydrogens is 320 g/mol. The predicted molar refractivity (Wildman–Crippen MR) is 92.8 cm³/mol. The smallest absolute Gasteiger partial charge is 0.312 e. The van der Waals surface area contributed by atoms with E-state index in [1.165, 1.54) is 0 Å². The van der Waals surface area contributed by atoms with Gasteiger partial charge in [-0.25, -0.2) is 0 Å². The molecule has 0 aliphatic carbocycles. The Morgan fingerprint density at radius 1 is 1.40 bits per heavy atom. The lowest BCUT2D eigenvalue weighted by Gasteiger charge is -2.36. The standard InChI is InChI=1S/C18H28N4O3/c1-20(2)14-15-13-18(17(24)25-15)6-11-21(12-7-18)16(23)5-3-9-22-10-4-8-19-22/h4,8,10,15H,3,5-7,9,11-14H2,1-2H3. The minimum atomic E-state index is -0.369. The average Bonchev–Trinajstić information content (AvgIpc) is 3.17. The number of hydrogen-bond donors (Lipinski definition) is 0. The van der Waals surface area contributed by atoms with Gasteiger partial charge in [-0.15, -0.1) is 0 Å². The van der Waals surface area contributed by atoms with E-state index in [1.54, 1.807) is 6.20 Å². The van der Waals surface area contributed by atoms with Crippen molar-refractivity contribution in [3.63, 3.8) is 0 Å².